The van der Waals surface area contributed by atoms with Crippen molar-refractivity contribution in [2.75, 3.05) is 10.6 Å². The van der Waals surface area contributed by atoms with Gasteiger partial charge in [-0.05, 0) is 114 Å². The first kappa shape index (κ1) is 37.8. The topological polar surface area (TPSA) is 109 Å². The van der Waals surface area contributed by atoms with Gasteiger partial charge in [-0.15, -0.1) is 0 Å². The number of carbonyl (C=O) groups is 2. The fourth-order valence-electron chi connectivity index (χ4n) is 6.28. The van der Waals surface area contributed by atoms with Crippen molar-refractivity contribution in [1.29, 1.82) is 0 Å². The van der Waals surface area contributed by atoms with Gasteiger partial charge in [0, 0.05) is 23.8 Å². The zero-order valence-corrected chi connectivity index (χ0v) is 30.6. The number of anilines is 2. The molecular weight excluding hydrogens is 744 g/mol. The van der Waals surface area contributed by atoms with Gasteiger partial charge in [0.25, 0.3) is 0 Å². The molecule has 2 aromatic heterocycles. The van der Waals surface area contributed by atoms with Crippen LogP contribution in [0.5, 0.6) is 0 Å². The van der Waals surface area contributed by atoms with Crippen LogP contribution in [0.15, 0.2) is 126 Å². The van der Waals surface area contributed by atoms with E-state index in [0.29, 0.717) is 28.4 Å². The van der Waals surface area contributed by atoms with Gasteiger partial charge in [-0.2, -0.15) is 13.2 Å². The third-order valence-electron chi connectivity index (χ3n) is 8.92. The summed E-state index contributed by atoms with van der Waals surface area (Å²) in [6.07, 6.45) is -1.09. The molecule has 280 valence electrons. The standard InChI is InChI=1S/C22H15ClF3N3O.C21H16FN3O/c1-12-7-14(5-6-27-12)13-3-2-4-15(8-13)18-11-21(30)29-20-10-17(23)16(22(24,25)26)9-19(20)28-18;1-13-9-15(7-8-23-13)14-3-2-4-16(10-14)19-12-21(26)25-20-11-17(22)5-6-18(20)24-19/h2-10H,11H2,1H3,(H,29,30);2-11H,12H2,1H3,(H,25,26). The second kappa shape index (κ2) is 15.7. The number of nitrogens with one attached hydrogen (secondary N) is 2. The van der Waals surface area contributed by atoms with Crippen LogP contribution in [0, 0.1) is 19.7 Å². The molecule has 0 saturated heterocycles. The number of hydrogen-bond acceptors (Lipinski definition) is 6. The number of carbonyl (C=O) groups excluding carboxylic acids is 2. The number of rotatable bonds is 4. The van der Waals surface area contributed by atoms with Gasteiger partial charge in [0.15, 0.2) is 0 Å². The van der Waals surface area contributed by atoms with E-state index in [-0.39, 0.29) is 36.0 Å². The van der Waals surface area contributed by atoms with Crippen molar-refractivity contribution in [1.82, 2.24) is 9.97 Å². The Labute approximate surface area is 324 Å². The molecule has 6 aromatic rings. The summed E-state index contributed by atoms with van der Waals surface area (Å²) in [6, 6.07) is 29.1. The van der Waals surface area contributed by atoms with Crippen LogP contribution in [-0.4, -0.2) is 33.2 Å². The lowest BCUT2D eigenvalue weighted by atomic mass is 10.00. The number of benzene rings is 4. The van der Waals surface area contributed by atoms with Gasteiger partial charge in [0.2, 0.25) is 11.8 Å². The average Bonchev–Trinajstić information content (AvgIpc) is 3.43. The zero-order chi connectivity index (χ0) is 39.6. The van der Waals surface area contributed by atoms with E-state index in [9.17, 15) is 27.2 Å². The van der Waals surface area contributed by atoms with Gasteiger partial charge in [-0.25, -0.2) is 4.39 Å². The van der Waals surface area contributed by atoms with Gasteiger partial charge in [0.05, 0.1) is 57.6 Å². The number of halogens is 5. The highest BCUT2D eigenvalue weighted by Gasteiger charge is 2.35. The highest BCUT2D eigenvalue weighted by molar-refractivity contribution is 6.32. The van der Waals surface area contributed by atoms with E-state index in [1.807, 2.05) is 80.6 Å². The summed E-state index contributed by atoms with van der Waals surface area (Å²) in [4.78, 5) is 42.0. The number of fused-ring (bicyclic) bond motifs is 2. The molecule has 2 aliphatic heterocycles. The van der Waals surface area contributed by atoms with Crippen LogP contribution in [-0.2, 0) is 15.8 Å². The first-order chi connectivity index (χ1) is 26.8. The van der Waals surface area contributed by atoms with E-state index in [4.69, 9.17) is 11.6 Å². The number of alkyl halides is 3. The van der Waals surface area contributed by atoms with Gasteiger partial charge >= 0.3 is 6.18 Å². The maximum absolute atomic E-state index is 13.4. The molecule has 4 heterocycles. The molecule has 0 aliphatic carbocycles. The van der Waals surface area contributed by atoms with Crippen molar-refractivity contribution in [3.8, 4) is 22.3 Å². The van der Waals surface area contributed by atoms with Crippen LogP contribution in [0.25, 0.3) is 22.3 Å². The third kappa shape index (κ3) is 8.71. The van der Waals surface area contributed by atoms with E-state index in [1.165, 1.54) is 12.1 Å². The molecule has 4 aromatic carbocycles. The van der Waals surface area contributed by atoms with E-state index >= 15 is 0 Å². The molecule has 2 amide bonds. The third-order valence-corrected chi connectivity index (χ3v) is 9.23. The number of hydrogen-bond donors (Lipinski definition) is 2. The highest BCUT2D eigenvalue weighted by atomic mass is 35.5. The summed E-state index contributed by atoms with van der Waals surface area (Å²) >= 11 is 5.78. The van der Waals surface area contributed by atoms with Crippen molar-refractivity contribution in [2.45, 2.75) is 32.9 Å². The van der Waals surface area contributed by atoms with Gasteiger partial charge in [-0.3, -0.25) is 29.5 Å². The summed E-state index contributed by atoms with van der Waals surface area (Å²) in [6.45, 7) is 3.83. The maximum atomic E-state index is 13.4. The molecule has 0 fully saturated rings. The second-order valence-corrected chi connectivity index (χ2v) is 13.5. The molecule has 8 rings (SSSR count). The first-order valence-corrected chi connectivity index (χ1v) is 17.7. The Balaban J connectivity index is 0.000000173. The first-order valence-electron chi connectivity index (χ1n) is 17.3. The Morgan fingerprint density at radius 2 is 1.07 bits per heavy atom. The number of aliphatic imine (C=N–C) groups is 2. The molecule has 2 N–H and O–H groups in total. The molecular formula is C43H31ClF4N6O2. The molecule has 0 unspecified atom stereocenters. The van der Waals surface area contributed by atoms with Crippen LogP contribution in [0.3, 0.4) is 0 Å². The van der Waals surface area contributed by atoms with Gasteiger partial charge in [0.1, 0.15) is 5.82 Å². The Morgan fingerprint density at radius 3 is 1.59 bits per heavy atom. The normalized spacial score (nSPS) is 13.7. The van der Waals surface area contributed by atoms with Crippen molar-refractivity contribution in [2.24, 2.45) is 9.98 Å². The fourth-order valence-corrected chi connectivity index (χ4v) is 6.55. The minimum absolute atomic E-state index is 0.0118. The van der Waals surface area contributed by atoms with Crippen molar-refractivity contribution in [3.05, 3.63) is 154 Å². The molecule has 0 bridgehead atoms. The molecule has 0 saturated carbocycles. The van der Waals surface area contributed by atoms with Crippen molar-refractivity contribution >= 4 is 57.6 Å². The van der Waals surface area contributed by atoms with E-state index < -0.39 is 22.6 Å². The quantitative estimate of drug-likeness (QED) is 0.174. The molecule has 2 aliphatic rings. The SMILES string of the molecule is Cc1cc(-c2cccc(C3=Nc4cc(C(F)(F)F)c(Cl)cc4NC(=O)C3)c2)ccn1.Cc1cc(-c2cccc(C3=Nc4ccc(F)cc4NC(=O)C3)c2)ccn1. The van der Waals surface area contributed by atoms with E-state index in [1.54, 1.807) is 24.5 Å². The number of amides is 2. The summed E-state index contributed by atoms with van der Waals surface area (Å²) in [5.41, 5.74) is 8.35. The Bertz CT molecular complexity index is 2590. The average molecular weight is 775 g/mol. The maximum Gasteiger partial charge on any atom is 0.417 e. The molecule has 8 nitrogen and oxygen atoms in total. The molecule has 0 radical (unpaired) electrons. The van der Waals surface area contributed by atoms with Crippen LogP contribution in [0.1, 0.15) is 40.9 Å². The minimum Gasteiger partial charge on any atom is -0.324 e. The van der Waals surface area contributed by atoms with Crippen molar-refractivity contribution in [3.63, 3.8) is 0 Å². The van der Waals surface area contributed by atoms with Crippen LogP contribution >= 0.6 is 11.6 Å². The Morgan fingerprint density at radius 1 is 0.589 bits per heavy atom. The summed E-state index contributed by atoms with van der Waals surface area (Å²) in [5, 5.41) is 4.81. The second-order valence-electron chi connectivity index (χ2n) is 13.1. The largest absolute Gasteiger partial charge is 0.417 e. The van der Waals surface area contributed by atoms with E-state index in [0.717, 1.165) is 51.3 Å². The zero-order valence-electron chi connectivity index (χ0n) is 29.9. The van der Waals surface area contributed by atoms with Crippen LogP contribution < -0.4 is 10.6 Å². The summed E-state index contributed by atoms with van der Waals surface area (Å²) in [5.74, 6) is -0.996. The summed E-state index contributed by atoms with van der Waals surface area (Å²) < 4.78 is 53.2. The van der Waals surface area contributed by atoms with Crippen LogP contribution in [0.2, 0.25) is 5.02 Å². The summed E-state index contributed by atoms with van der Waals surface area (Å²) in [7, 11) is 0. The number of pyridine rings is 2. The predicted octanol–water partition coefficient (Wildman–Crippen LogP) is 10.9. The Hall–Kier alpha value is -6.53. The monoisotopic (exact) mass is 774 g/mol. The molecule has 13 heteroatoms. The number of aromatic nitrogens is 2. The number of aryl methyl sites for hydroxylation is 2. The lowest BCUT2D eigenvalue weighted by Crippen LogP contribution is -2.15. The van der Waals surface area contributed by atoms with Gasteiger partial charge in [-0.1, -0.05) is 48.0 Å². The number of nitrogens with zero attached hydrogens (tertiary/aromatic N) is 4. The van der Waals surface area contributed by atoms with E-state index in [2.05, 4.69) is 30.6 Å². The lowest BCUT2D eigenvalue weighted by molar-refractivity contribution is -0.137. The fraction of sp³-hybridized carbons (Fsp3) is 0.116. The molecule has 0 atom stereocenters. The van der Waals surface area contributed by atoms with Crippen LogP contribution in [0.4, 0.5) is 40.3 Å². The van der Waals surface area contributed by atoms with Gasteiger partial charge < -0.3 is 10.6 Å². The predicted molar refractivity (Wildman–Crippen MR) is 211 cm³/mol. The highest BCUT2D eigenvalue weighted by Crippen LogP contribution is 2.42. The lowest BCUT2D eigenvalue weighted by Gasteiger charge is -2.12. The Kier molecular flexibility index (Phi) is 10.6. The molecule has 0 spiro atoms. The minimum atomic E-state index is -4.63. The molecule has 56 heavy (non-hydrogen) atoms. The smallest absolute Gasteiger partial charge is 0.324 e. The van der Waals surface area contributed by atoms with Crippen molar-refractivity contribution < 1.29 is 27.2 Å².